The molecule has 5 aliphatic heterocycles. The summed E-state index contributed by atoms with van der Waals surface area (Å²) in [6, 6.07) is 6.69. The summed E-state index contributed by atoms with van der Waals surface area (Å²) in [4.78, 5) is 27.5. The lowest BCUT2D eigenvalue weighted by atomic mass is 9.58. The van der Waals surface area contributed by atoms with E-state index < -0.39 is 17.7 Å². The van der Waals surface area contributed by atoms with Crippen molar-refractivity contribution < 1.29 is 24.2 Å². The molecule has 0 unspecified atom stereocenters. The fourth-order valence-electron chi connectivity index (χ4n) is 7.41. The molecule has 0 N–H and O–H groups in total. The van der Waals surface area contributed by atoms with Crippen LogP contribution in [0.1, 0.15) is 52.0 Å². The van der Waals surface area contributed by atoms with Gasteiger partial charge < -0.3 is 14.4 Å². The molecule has 6 fully saturated rings. The lowest BCUT2D eigenvalue weighted by Gasteiger charge is -2.61. The van der Waals surface area contributed by atoms with Gasteiger partial charge >= 0.3 is 0 Å². The normalized spacial score (nSPS) is 40.9. The van der Waals surface area contributed by atoms with Crippen molar-refractivity contribution in [1.82, 2.24) is 9.80 Å². The Hall–Kier alpha value is -1.34. The van der Waals surface area contributed by atoms with Crippen LogP contribution in [-0.4, -0.2) is 69.1 Å². The van der Waals surface area contributed by atoms with Gasteiger partial charge in [-0.05, 0) is 43.6 Å². The van der Waals surface area contributed by atoms with Crippen LogP contribution < -0.4 is 0 Å². The number of fused-ring (bicyclic) bond motifs is 2. The highest BCUT2D eigenvalue weighted by molar-refractivity contribution is 8.22. The first-order valence-electron chi connectivity index (χ1n) is 13.8. The third-order valence-corrected chi connectivity index (χ3v) is 11.2. The average Bonchev–Trinajstić information content (AvgIpc) is 3.15. The van der Waals surface area contributed by atoms with E-state index in [-0.39, 0.29) is 16.8 Å². The number of hydrogen-bond acceptors (Lipinski definition) is 9. The number of nitro groups is 1. The number of benzene rings is 1. The van der Waals surface area contributed by atoms with Gasteiger partial charge in [0.2, 0.25) is 5.79 Å². The summed E-state index contributed by atoms with van der Waals surface area (Å²) in [6.45, 7) is 10.1. The number of non-ortho nitro benzene ring substituents is 1. The van der Waals surface area contributed by atoms with E-state index in [0.29, 0.717) is 29.4 Å². The Kier molecular flexibility index (Phi) is 7.24. The third-order valence-electron chi connectivity index (χ3n) is 9.56. The molecule has 5 heterocycles. The zero-order valence-electron chi connectivity index (χ0n) is 22.2. The second-order valence-corrected chi connectivity index (χ2v) is 13.4. The monoisotopic (exact) mass is 563 g/mol. The van der Waals surface area contributed by atoms with Gasteiger partial charge in [-0.15, -0.1) is 0 Å². The molecule has 11 heteroatoms. The van der Waals surface area contributed by atoms with Crippen molar-refractivity contribution >= 4 is 34.0 Å². The number of piperazine rings is 1. The van der Waals surface area contributed by atoms with Crippen molar-refractivity contribution in [2.45, 2.75) is 76.1 Å². The Morgan fingerprint density at radius 2 is 1.84 bits per heavy atom. The number of hydrogen-bond donors (Lipinski definition) is 0. The number of ether oxygens (including phenoxy) is 2. The standard InChI is InChI=1S/C27H37N3O6S2/c1-17-4-9-22-18(2)23(33-24-27(22)21(17)10-11-26(3,34-24)35-36-27)28-12-14-29(15-13-28)25(37)38-16-19-5-7-20(8-6-19)30(31)32/h5-8,17-18,21-24H,4,9-16H2,1-3H3/t17-,18-,21+,22+,23-,24-,26-,27-/m1/s1. The molecule has 0 amide bonds. The van der Waals surface area contributed by atoms with Crippen LogP contribution in [0.3, 0.4) is 0 Å². The van der Waals surface area contributed by atoms with Gasteiger partial charge in [-0.1, -0.05) is 50.0 Å². The topological polar surface area (TPSA) is 86.5 Å². The smallest absolute Gasteiger partial charge is 0.269 e. The maximum atomic E-state index is 10.9. The molecule has 6 aliphatic rings. The van der Waals surface area contributed by atoms with Crippen LogP contribution in [0.2, 0.25) is 0 Å². The van der Waals surface area contributed by atoms with Crippen LogP contribution in [0.5, 0.6) is 0 Å². The molecule has 9 nitrogen and oxygen atoms in total. The molecule has 208 valence electrons. The third kappa shape index (κ3) is 4.57. The summed E-state index contributed by atoms with van der Waals surface area (Å²) in [6.07, 6.45) is 3.72. The van der Waals surface area contributed by atoms with Crippen molar-refractivity contribution in [3.8, 4) is 0 Å². The molecular formula is C27H37N3O6S2. The summed E-state index contributed by atoms with van der Waals surface area (Å²) < 4.78 is 14.2. The highest BCUT2D eigenvalue weighted by atomic mass is 32.2. The molecule has 5 saturated heterocycles. The summed E-state index contributed by atoms with van der Waals surface area (Å²) >= 11 is 7.36. The number of thiocarbonyl (C=S) groups is 1. The Balaban J connectivity index is 1.08. The molecule has 1 aromatic rings. The summed E-state index contributed by atoms with van der Waals surface area (Å²) in [5, 5.41) is 10.9. The number of nitro benzene ring substituents is 1. The van der Waals surface area contributed by atoms with Gasteiger partial charge in [-0.25, -0.2) is 9.78 Å². The first-order chi connectivity index (χ1) is 18.2. The average molecular weight is 564 g/mol. The second-order valence-electron chi connectivity index (χ2n) is 11.8. The molecule has 8 atom stereocenters. The van der Waals surface area contributed by atoms with E-state index in [9.17, 15) is 10.1 Å². The largest absolute Gasteiger partial charge is 0.355 e. The molecule has 2 bridgehead atoms. The minimum atomic E-state index is -0.756. The van der Waals surface area contributed by atoms with Crippen molar-refractivity contribution in [2.75, 3.05) is 26.2 Å². The lowest BCUT2D eigenvalue weighted by Crippen LogP contribution is -2.72. The van der Waals surface area contributed by atoms with Crippen LogP contribution in [0.25, 0.3) is 0 Å². The number of rotatable bonds is 4. The van der Waals surface area contributed by atoms with Gasteiger partial charge in [0, 0.05) is 62.3 Å². The van der Waals surface area contributed by atoms with Crippen molar-refractivity contribution in [3.63, 3.8) is 0 Å². The van der Waals surface area contributed by atoms with E-state index in [4.69, 9.17) is 31.5 Å². The van der Waals surface area contributed by atoms with Gasteiger partial charge in [0.1, 0.15) is 10.5 Å². The molecular weight excluding hydrogens is 526 g/mol. The van der Waals surface area contributed by atoms with E-state index >= 15 is 0 Å². The highest BCUT2D eigenvalue weighted by Gasteiger charge is 2.69. The Labute approximate surface area is 233 Å². The maximum absolute atomic E-state index is 10.9. The quantitative estimate of drug-likeness (QED) is 0.217. The molecule has 38 heavy (non-hydrogen) atoms. The maximum Gasteiger partial charge on any atom is 0.269 e. The van der Waals surface area contributed by atoms with Crippen LogP contribution in [0.4, 0.5) is 5.69 Å². The summed E-state index contributed by atoms with van der Waals surface area (Å²) in [5.41, 5.74) is 0.607. The minimum Gasteiger partial charge on any atom is -0.355 e. The molecule has 1 spiro atoms. The Bertz CT molecular complexity index is 1070. The molecule has 0 aromatic heterocycles. The zero-order valence-corrected chi connectivity index (χ0v) is 23.9. The van der Waals surface area contributed by atoms with E-state index in [2.05, 4.69) is 23.6 Å². The minimum absolute atomic E-state index is 0.0280. The van der Waals surface area contributed by atoms with Crippen LogP contribution in [0.15, 0.2) is 24.3 Å². The lowest BCUT2D eigenvalue weighted by molar-refractivity contribution is -0.574. The highest BCUT2D eigenvalue weighted by Crippen LogP contribution is 2.60. The van der Waals surface area contributed by atoms with Gasteiger partial charge in [-0.2, -0.15) is 0 Å². The van der Waals surface area contributed by atoms with Crippen molar-refractivity contribution in [2.24, 2.45) is 23.7 Å². The van der Waals surface area contributed by atoms with Crippen LogP contribution >= 0.6 is 24.0 Å². The van der Waals surface area contributed by atoms with Crippen molar-refractivity contribution in [1.29, 1.82) is 0 Å². The fourth-order valence-corrected chi connectivity index (χ4v) is 8.62. The van der Waals surface area contributed by atoms with Crippen molar-refractivity contribution in [3.05, 3.63) is 39.9 Å². The zero-order chi connectivity index (χ0) is 26.7. The van der Waals surface area contributed by atoms with E-state index in [1.165, 1.54) is 6.42 Å². The van der Waals surface area contributed by atoms with E-state index in [1.54, 1.807) is 36.0 Å². The summed E-state index contributed by atoms with van der Waals surface area (Å²) in [7, 11) is 0. The molecule has 1 aliphatic carbocycles. The molecule has 0 radical (unpaired) electrons. The Morgan fingerprint density at radius 1 is 1.11 bits per heavy atom. The molecule has 7 rings (SSSR count). The predicted molar refractivity (Wildman–Crippen MR) is 147 cm³/mol. The fraction of sp³-hybridized carbons (Fsp3) is 0.741. The number of nitrogens with zero attached hydrogens (tertiary/aromatic N) is 3. The van der Waals surface area contributed by atoms with E-state index in [0.717, 1.165) is 55.3 Å². The first kappa shape index (κ1) is 26.9. The van der Waals surface area contributed by atoms with Gasteiger partial charge in [0.05, 0.1) is 4.92 Å². The molecule has 1 aromatic carbocycles. The SMILES string of the molecule is C[C@H]1[C@H](N2CCN(C(=S)SCc3ccc([N+](=O)[O-])cc3)CC2)O[C@@H]2O[C@@]3(C)CC[C@H]4[C@H](C)CC[C@@H]1[C@@]24OO3. The van der Waals surface area contributed by atoms with Crippen LogP contribution in [-0.2, 0) is 25.0 Å². The van der Waals surface area contributed by atoms with Crippen LogP contribution in [0, 0.1) is 33.8 Å². The first-order valence-corrected chi connectivity index (χ1v) is 15.2. The number of thioether (sulfide) groups is 1. The second kappa shape index (κ2) is 10.2. The predicted octanol–water partition coefficient (Wildman–Crippen LogP) is 4.94. The summed E-state index contributed by atoms with van der Waals surface area (Å²) in [5.74, 6) is 1.50. The molecule has 1 saturated carbocycles. The van der Waals surface area contributed by atoms with Gasteiger partial charge in [0.25, 0.3) is 5.69 Å². The van der Waals surface area contributed by atoms with Gasteiger partial charge in [-0.3, -0.25) is 15.0 Å². The van der Waals surface area contributed by atoms with Gasteiger partial charge in [0.15, 0.2) is 11.9 Å². The van der Waals surface area contributed by atoms with E-state index in [1.807, 2.05) is 6.92 Å². The Morgan fingerprint density at radius 3 is 2.55 bits per heavy atom.